The Kier molecular flexibility index (Phi) is 4.55. The Morgan fingerprint density at radius 1 is 1.35 bits per heavy atom. The second kappa shape index (κ2) is 6.76. The molecule has 0 N–H and O–H groups in total. The van der Waals surface area contributed by atoms with E-state index in [2.05, 4.69) is 10.1 Å². The van der Waals surface area contributed by atoms with Gasteiger partial charge in [-0.1, -0.05) is 5.16 Å². The van der Waals surface area contributed by atoms with Gasteiger partial charge in [0.2, 0.25) is 0 Å². The van der Waals surface area contributed by atoms with E-state index in [0.29, 0.717) is 0 Å². The minimum Gasteiger partial charge on any atom is -0.497 e. The summed E-state index contributed by atoms with van der Waals surface area (Å²) >= 11 is 0. The molecule has 0 bridgehead atoms. The smallest absolute Gasteiger partial charge is 0.320 e. The molecule has 122 valence electrons. The van der Waals surface area contributed by atoms with Gasteiger partial charge in [-0.05, 0) is 43.0 Å². The summed E-state index contributed by atoms with van der Waals surface area (Å²) in [5.41, 5.74) is 3.00. The molecule has 1 heterocycles. The number of benzene rings is 1. The molecular formula is C16H17F2N3O2. The van der Waals surface area contributed by atoms with Crippen LogP contribution in [0.15, 0.2) is 35.7 Å². The molecule has 0 spiro atoms. The maximum absolute atomic E-state index is 12.7. The van der Waals surface area contributed by atoms with Crippen molar-refractivity contribution >= 4 is 5.71 Å². The summed E-state index contributed by atoms with van der Waals surface area (Å²) in [4.78, 5) is 9.12. The highest BCUT2D eigenvalue weighted by atomic mass is 19.3. The summed E-state index contributed by atoms with van der Waals surface area (Å²) in [6, 6.07) is 5.83. The van der Waals surface area contributed by atoms with Crippen LogP contribution in [0.25, 0.3) is 0 Å². The number of alkyl halides is 2. The summed E-state index contributed by atoms with van der Waals surface area (Å²) in [5, 5.41) is 4.13. The fourth-order valence-corrected chi connectivity index (χ4v) is 2.66. The van der Waals surface area contributed by atoms with E-state index >= 15 is 0 Å². The average Bonchev–Trinajstić information content (AvgIpc) is 3.03. The molecule has 1 aromatic heterocycles. The number of hydrogen-bond acceptors (Lipinski definition) is 4. The Bertz CT molecular complexity index is 713. The number of imidazole rings is 1. The van der Waals surface area contributed by atoms with Gasteiger partial charge in [0.15, 0.2) is 12.4 Å². The quantitative estimate of drug-likeness (QED) is 0.791. The van der Waals surface area contributed by atoms with Gasteiger partial charge in [0, 0.05) is 18.0 Å². The fraction of sp³-hybridized carbons (Fsp3) is 0.375. The number of oxime groups is 1. The van der Waals surface area contributed by atoms with Crippen molar-refractivity contribution < 1.29 is 18.4 Å². The molecule has 0 amide bonds. The van der Waals surface area contributed by atoms with Gasteiger partial charge in [-0.3, -0.25) is 4.57 Å². The summed E-state index contributed by atoms with van der Waals surface area (Å²) in [6.07, 6.45) is 5.26. The molecule has 23 heavy (non-hydrogen) atoms. The summed E-state index contributed by atoms with van der Waals surface area (Å²) < 4.78 is 31.5. The number of hydrogen-bond donors (Lipinski definition) is 0. The number of halogens is 2. The predicted octanol–water partition coefficient (Wildman–Crippen LogP) is 3.54. The molecule has 0 saturated heterocycles. The highest BCUT2D eigenvalue weighted by Gasteiger charge is 2.17. The molecule has 0 unspecified atom stereocenters. The molecule has 0 saturated carbocycles. The van der Waals surface area contributed by atoms with Crippen molar-refractivity contribution in [3.63, 3.8) is 0 Å². The summed E-state index contributed by atoms with van der Waals surface area (Å²) in [5.74, 6) is 0.958. The van der Waals surface area contributed by atoms with E-state index in [1.54, 1.807) is 7.11 Å². The van der Waals surface area contributed by atoms with Gasteiger partial charge in [0.25, 0.3) is 0 Å². The molecule has 7 heteroatoms. The number of aromatic nitrogens is 2. The Balaban J connectivity index is 1.73. The van der Waals surface area contributed by atoms with Crippen LogP contribution in [0.5, 0.6) is 5.75 Å². The standard InChI is InChI=1S/C16H17F2N3O2/c1-22-12-5-6-13-11(9-12)3-2-4-14(13)20-23-10-15-19-7-8-21(15)16(17)18/h5-9,16H,2-4,10H2,1H3/b20-14-. The van der Waals surface area contributed by atoms with Crippen molar-refractivity contribution in [2.75, 3.05) is 7.11 Å². The van der Waals surface area contributed by atoms with Gasteiger partial charge in [-0.25, -0.2) is 4.98 Å². The number of ether oxygens (including phenoxy) is 1. The second-order valence-corrected chi connectivity index (χ2v) is 5.22. The monoisotopic (exact) mass is 321 g/mol. The summed E-state index contributed by atoms with van der Waals surface area (Å²) in [6.45, 7) is -2.72. The second-order valence-electron chi connectivity index (χ2n) is 5.22. The Labute approximate surface area is 132 Å². The first-order valence-electron chi connectivity index (χ1n) is 7.35. The molecule has 0 radical (unpaired) electrons. The van der Waals surface area contributed by atoms with E-state index in [0.717, 1.165) is 46.4 Å². The molecule has 0 aliphatic heterocycles. The van der Waals surface area contributed by atoms with Crippen molar-refractivity contribution in [3.05, 3.63) is 47.5 Å². The Morgan fingerprint density at radius 2 is 2.22 bits per heavy atom. The molecule has 3 rings (SSSR count). The Morgan fingerprint density at radius 3 is 3.00 bits per heavy atom. The zero-order valence-electron chi connectivity index (χ0n) is 12.7. The minimum atomic E-state index is -2.63. The van der Waals surface area contributed by atoms with E-state index in [1.807, 2.05) is 18.2 Å². The first-order valence-corrected chi connectivity index (χ1v) is 7.35. The molecule has 5 nitrogen and oxygen atoms in total. The van der Waals surface area contributed by atoms with Gasteiger partial charge in [-0.2, -0.15) is 8.78 Å². The first kappa shape index (κ1) is 15.5. The van der Waals surface area contributed by atoms with Gasteiger partial charge in [-0.15, -0.1) is 0 Å². The lowest BCUT2D eigenvalue weighted by Crippen LogP contribution is -2.13. The molecule has 1 aliphatic rings. The van der Waals surface area contributed by atoms with Gasteiger partial charge in [0.1, 0.15) is 5.75 Å². The van der Waals surface area contributed by atoms with Crippen molar-refractivity contribution in [3.8, 4) is 5.75 Å². The fourth-order valence-electron chi connectivity index (χ4n) is 2.66. The van der Waals surface area contributed by atoms with E-state index in [1.165, 1.54) is 12.4 Å². The minimum absolute atomic E-state index is 0.0909. The first-order chi connectivity index (χ1) is 11.2. The normalized spacial score (nSPS) is 15.7. The van der Waals surface area contributed by atoms with E-state index in [-0.39, 0.29) is 12.4 Å². The lowest BCUT2D eigenvalue weighted by Gasteiger charge is -2.18. The van der Waals surface area contributed by atoms with Crippen LogP contribution >= 0.6 is 0 Å². The third-order valence-corrected chi connectivity index (χ3v) is 3.81. The van der Waals surface area contributed by atoms with E-state index < -0.39 is 6.55 Å². The molecular weight excluding hydrogens is 304 g/mol. The zero-order valence-corrected chi connectivity index (χ0v) is 12.7. The maximum atomic E-state index is 12.7. The lowest BCUT2D eigenvalue weighted by molar-refractivity contribution is 0.0533. The molecule has 0 fully saturated rings. The highest BCUT2D eigenvalue weighted by Crippen LogP contribution is 2.26. The third kappa shape index (κ3) is 3.33. The van der Waals surface area contributed by atoms with Crippen molar-refractivity contribution in [1.29, 1.82) is 0 Å². The largest absolute Gasteiger partial charge is 0.497 e. The van der Waals surface area contributed by atoms with E-state index in [4.69, 9.17) is 9.57 Å². The molecule has 2 aromatic rings. The molecule has 0 atom stereocenters. The molecule has 1 aromatic carbocycles. The van der Waals surface area contributed by atoms with Crippen LogP contribution in [-0.4, -0.2) is 22.4 Å². The highest BCUT2D eigenvalue weighted by molar-refractivity contribution is 6.02. The SMILES string of the molecule is COc1ccc2c(c1)CCC/C2=N/OCc1nccn1C(F)F. The number of fused-ring (bicyclic) bond motifs is 1. The van der Waals surface area contributed by atoms with Gasteiger partial charge >= 0.3 is 6.55 Å². The van der Waals surface area contributed by atoms with Gasteiger partial charge in [0.05, 0.1) is 12.8 Å². The van der Waals surface area contributed by atoms with Crippen molar-refractivity contribution in [2.24, 2.45) is 5.16 Å². The molecule has 1 aliphatic carbocycles. The average molecular weight is 321 g/mol. The number of rotatable bonds is 5. The predicted molar refractivity (Wildman–Crippen MR) is 80.7 cm³/mol. The maximum Gasteiger partial charge on any atom is 0.320 e. The number of aryl methyl sites for hydroxylation is 1. The summed E-state index contributed by atoms with van der Waals surface area (Å²) in [7, 11) is 1.63. The van der Waals surface area contributed by atoms with Crippen LogP contribution in [-0.2, 0) is 17.9 Å². The van der Waals surface area contributed by atoms with Crippen LogP contribution in [0.4, 0.5) is 8.78 Å². The van der Waals surface area contributed by atoms with Crippen molar-refractivity contribution in [1.82, 2.24) is 9.55 Å². The van der Waals surface area contributed by atoms with Crippen LogP contribution < -0.4 is 4.74 Å². The van der Waals surface area contributed by atoms with Crippen LogP contribution in [0, 0.1) is 0 Å². The lowest BCUT2D eigenvalue weighted by atomic mass is 9.90. The van der Waals surface area contributed by atoms with Gasteiger partial charge < -0.3 is 9.57 Å². The van der Waals surface area contributed by atoms with Crippen LogP contribution in [0.2, 0.25) is 0 Å². The number of nitrogens with zero attached hydrogens (tertiary/aromatic N) is 3. The van der Waals surface area contributed by atoms with Crippen molar-refractivity contribution in [2.45, 2.75) is 32.4 Å². The van der Waals surface area contributed by atoms with Crippen LogP contribution in [0.1, 0.15) is 36.3 Å². The van der Waals surface area contributed by atoms with Crippen LogP contribution in [0.3, 0.4) is 0 Å². The third-order valence-electron chi connectivity index (χ3n) is 3.81. The zero-order chi connectivity index (χ0) is 16.2. The number of methoxy groups -OCH3 is 1. The van der Waals surface area contributed by atoms with E-state index in [9.17, 15) is 8.78 Å². The topological polar surface area (TPSA) is 48.6 Å². The Hall–Kier alpha value is -2.44.